The fourth-order valence-electron chi connectivity index (χ4n) is 24.0. The third-order valence-corrected chi connectivity index (χ3v) is 31.8. The number of rotatable bonds is 19. The summed E-state index contributed by atoms with van der Waals surface area (Å²) in [7, 11) is -7.72. The average molecular weight is 2100 g/mol. The molecule has 7 aromatic carbocycles. The van der Waals surface area contributed by atoms with E-state index in [9.17, 15) is 74.5 Å². The van der Waals surface area contributed by atoms with Crippen LogP contribution in [0.2, 0.25) is 0 Å². The molecular weight excluding hydrogens is 1980 g/mol. The standard InChI is InChI=1S/C32H23NO4.C29H28N2O9S2.C26H27NO6.C25H25NO6.C2H6.CH4.3Na/c1-32(16-28(35)36)25-15-23-20-6-3-2-5-19(20)21-7-4-8-22(29(21)23)30(25)33-12-11-26-24(31(32)33)13-17-9-10-18(34)14-27(17)37-26;1-15-4-6-18-16(12-15)5-7-20-24(18)29(2,10-8-23(32)30-3)28-19-13-17-14-22(41(34,35)36)25(33)27(42(37,38)39)26(17)40-21(19)9-11-31(20)28;1-15-4-5-20-19(10-15)26(2,32-9-8-31-3)25-18-12-17-11-16(13-24(29)30)21(28)14-23(17)33-22(18)6-7-27(20)25;1-15-3-6-20-19(11-15)25(2,31-10-9-30-14-23(28)29)24-18-12-16-4-5-17(27)13-22(16)32-21(18)7-8-26(20)24;1-2;;;;/h2-10,13-15,26H,11-12,16H2,1H3,(H,35,36);4-7,12-14,21H,8-11H2,1-3H3,(H,30,32)(H,34,35,36)(H,37,38,39);4-5,10-12,14,22H,6-9,13H2,1-3H3,(H,29,30);3-6,11-13,21H,7-10,14H2,1-2H3,(H,28,29);1-2H3;1H4;;;/q;;;;;;3*+1/p-2. The van der Waals surface area contributed by atoms with Gasteiger partial charge in [0.05, 0.1) is 56.4 Å². The summed E-state index contributed by atoms with van der Waals surface area (Å²) in [5.41, 5.74) is 23.9. The van der Waals surface area contributed by atoms with Gasteiger partial charge in [-0.25, -0.2) is 21.6 Å². The Bertz CT molecular complexity index is 7830. The summed E-state index contributed by atoms with van der Waals surface area (Å²) < 4.78 is 120. The topological polar surface area (TPSA) is 410 Å². The van der Waals surface area contributed by atoms with E-state index in [1.54, 1.807) is 56.7 Å². The summed E-state index contributed by atoms with van der Waals surface area (Å²) in [6.45, 7) is 22.1. The van der Waals surface area contributed by atoms with Gasteiger partial charge in [-0.3, -0.25) is 33.6 Å². The molecular formula is C115H111N5Na3O25S2+. The Morgan fingerprint density at radius 1 is 0.487 bits per heavy atom. The van der Waals surface area contributed by atoms with Crippen molar-refractivity contribution in [2.75, 3.05) is 93.0 Å². The van der Waals surface area contributed by atoms with E-state index in [0.717, 1.165) is 174 Å². The quantitative estimate of drug-likeness (QED) is 0.0339. The Hall–Kier alpha value is -11.5. The number of aliphatic carboxylic acids is 3. The van der Waals surface area contributed by atoms with Crippen LogP contribution in [-0.2, 0) is 119 Å². The molecule has 17 aliphatic rings. The molecule has 0 saturated heterocycles. The van der Waals surface area contributed by atoms with Gasteiger partial charge in [0.2, 0.25) is 11.7 Å². The van der Waals surface area contributed by atoms with Crippen LogP contribution in [0, 0.1) is 20.8 Å². The predicted molar refractivity (Wildman–Crippen MR) is 550 cm³/mol. The summed E-state index contributed by atoms with van der Waals surface area (Å²) in [5, 5.41) is 35.2. The van der Waals surface area contributed by atoms with Crippen LogP contribution in [-0.4, -0.2) is 186 Å². The number of ether oxygens (including phenoxy) is 8. The fraction of sp³-hybridized carbons (Fsp3) is 0.322. The average Bonchev–Trinajstić information content (AvgIpc) is 1.52. The van der Waals surface area contributed by atoms with Gasteiger partial charge in [0.15, 0.2) is 17.3 Å². The van der Waals surface area contributed by atoms with E-state index in [2.05, 4.69) is 163 Å². The number of methoxy groups -OCH3 is 1. The van der Waals surface area contributed by atoms with Crippen LogP contribution in [0.5, 0.6) is 0 Å². The molecule has 30 nitrogen and oxygen atoms in total. The zero-order valence-electron chi connectivity index (χ0n) is 85.2. The van der Waals surface area contributed by atoms with Crippen molar-refractivity contribution in [3.8, 4) is 22.3 Å². The third kappa shape index (κ3) is 19.4. The fourth-order valence-corrected chi connectivity index (χ4v) is 25.4. The number of Topliss-reactive ketones (excluding diaryl/α,β-unsaturated/α-hetero) is 1. The van der Waals surface area contributed by atoms with Crippen molar-refractivity contribution >= 4 is 111 Å². The molecule has 7 aromatic rings. The molecule has 1 amide bonds. The summed E-state index contributed by atoms with van der Waals surface area (Å²) in [6, 6.07) is 40.2. The third-order valence-electron chi connectivity index (χ3n) is 30.1. The number of carboxylic acids is 3. The van der Waals surface area contributed by atoms with Crippen molar-refractivity contribution in [1.29, 1.82) is 0 Å². The zero-order chi connectivity index (χ0) is 103. The van der Waals surface area contributed by atoms with E-state index in [4.69, 9.17) is 43.0 Å². The molecule has 8 atom stereocenters. The van der Waals surface area contributed by atoms with Crippen LogP contribution in [0.15, 0.2) is 300 Å². The Labute approximate surface area is 936 Å². The first-order valence-corrected chi connectivity index (χ1v) is 51.7. The van der Waals surface area contributed by atoms with Crippen molar-refractivity contribution in [2.24, 2.45) is 0 Å². The molecule has 0 fully saturated rings. The maximum absolute atomic E-state index is 12.7. The van der Waals surface area contributed by atoms with Gasteiger partial charge in [0, 0.05) is 197 Å². The molecule has 0 spiro atoms. The number of carbonyl (C=O) groups is 8. The molecule has 24 rings (SSSR count). The zero-order valence-corrected chi connectivity index (χ0v) is 92.9. The van der Waals surface area contributed by atoms with E-state index in [-0.39, 0.29) is 188 Å². The number of nitrogens with zero attached hydrogens (tertiary/aromatic N) is 4. The Morgan fingerprint density at radius 2 is 0.980 bits per heavy atom. The second kappa shape index (κ2) is 42.9. The van der Waals surface area contributed by atoms with Crippen LogP contribution in [0.25, 0.3) is 43.8 Å². The van der Waals surface area contributed by atoms with Crippen molar-refractivity contribution < 1.29 is 206 Å². The summed E-state index contributed by atoms with van der Waals surface area (Å²) in [6.07, 6.45) is 22.9. The van der Waals surface area contributed by atoms with Crippen LogP contribution in [0.1, 0.15) is 139 Å². The molecule has 4 N–H and O–H groups in total. The number of anilines is 4. The molecule has 8 unspecified atom stereocenters. The maximum atomic E-state index is 12.7. The molecule has 12 heterocycles. The molecule has 0 saturated carbocycles. The molecule has 150 heavy (non-hydrogen) atoms. The number of aryl methyl sites for hydroxylation is 3. The van der Waals surface area contributed by atoms with Gasteiger partial charge in [0.1, 0.15) is 95.3 Å². The minimum Gasteiger partial charge on any atom is -0.744 e. The van der Waals surface area contributed by atoms with Crippen LogP contribution in [0.4, 0.5) is 22.7 Å². The second-order valence-electron chi connectivity index (χ2n) is 39.2. The van der Waals surface area contributed by atoms with E-state index in [0.29, 0.717) is 55.5 Å². The molecule has 12 aliphatic heterocycles. The molecule has 5 aliphatic carbocycles. The van der Waals surface area contributed by atoms with Crippen LogP contribution < -0.4 is 114 Å². The van der Waals surface area contributed by atoms with Gasteiger partial charge >= 0.3 is 107 Å². The summed E-state index contributed by atoms with van der Waals surface area (Å²) in [5.74, 6) is -4.00. The predicted octanol–water partition coefficient (Wildman–Crippen LogP) is 7.92. The normalized spacial score (nSPS) is 23.5. The number of hydrogen-bond acceptors (Lipinski definition) is 26. The largest absolute Gasteiger partial charge is 1.00 e. The molecule has 0 aromatic heterocycles. The van der Waals surface area contributed by atoms with Gasteiger partial charge in [-0.1, -0.05) is 129 Å². The van der Waals surface area contributed by atoms with Crippen molar-refractivity contribution in [3.63, 3.8) is 0 Å². The first kappa shape index (κ1) is 111. The number of carbonyl (C=O) groups excluding carboxylic acids is 5. The van der Waals surface area contributed by atoms with E-state index >= 15 is 0 Å². The number of fused-ring (bicyclic) bond motifs is 26. The summed E-state index contributed by atoms with van der Waals surface area (Å²) >= 11 is 0. The van der Waals surface area contributed by atoms with Crippen LogP contribution >= 0.6 is 0 Å². The number of amides is 1. The smallest absolute Gasteiger partial charge is 0.744 e. The van der Waals surface area contributed by atoms with Crippen LogP contribution in [0.3, 0.4) is 0 Å². The van der Waals surface area contributed by atoms with Crippen molar-refractivity contribution in [1.82, 2.24) is 5.32 Å². The first-order valence-electron chi connectivity index (χ1n) is 48.8. The number of allylic oxidation sites excluding steroid dienone is 13. The first-order chi connectivity index (χ1) is 69.8. The number of ketones is 4. The minimum atomic E-state index is -5.51. The van der Waals surface area contributed by atoms with Gasteiger partial charge in [-0.2, -0.15) is 0 Å². The van der Waals surface area contributed by atoms with E-state index in [1.807, 2.05) is 58.0 Å². The van der Waals surface area contributed by atoms with Gasteiger partial charge in [-0.05, 0) is 189 Å². The van der Waals surface area contributed by atoms with Gasteiger partial charge in [0.25, 0.3) is 0 Å². The molecule has 0 radical (unpaired) electrons. The SMILES string of the molecule is C.CC.CC1(CC(=O)O)C2=C3C=C4C=CC(=O)C=C4OC3CCN2c2c1cc1c3c(cccc23)-c2ccccc2-1.CNC(=O)CCC1(C)C2=C3C=C4C=C(S(=O)(=O)[O-])C(=O)C(S(=O)(=O)[O-])=C4OC3CCN2c2ccc3cc(C)ccc3c21.COCCOC1(C)C2=C3C=C4C=C(CC(=O)O)C(=O)C=C4OC3CCN2c2ccc(C)cc21.Cc1ccc2c(c1)C(C)(OCCOCC(=O)O)C1=C3C=C4C=CC(=O)C=C4OC3CCN12.[Na+].[Na+].[Na+]. The summed E-state index contributed by atoms with van der Waals surface area (Å²) in [4.78, 5) is 102. The molecule has 760 valence electrons. The van der Waals surface area contributed by atoms with Crippen molar-refractivity contribution in [3.05, 3.63) is 339 Å². The van der Waals surface area contributed by atoms with E-state index < -0.39 is 87.6 Å². The minimum absolute atomic E-state index is 0. The van der Waals surface area contributed by atoms with Crippen molar-refractivity contribution in [2.45, 2.75) is 168 Å². The number of benzene rings is 7. The monoisotopic (exact) mass is 2090 g/mol. The Balaban J connectivity index is 0.000000141. The molecule has 35 heteroatoms. The van der Waals surface area contributed by atoms with Gasteiger partial charge in [-0.15, -0.1) is 0 Å². The van der Waals surface area contributed by atoms with Gasteiger partial charge < -0.3 is 87.2 Å². The molecule has 0 bridgehead atoms. The Kier molecular flexibility index (Phi) is 31.8. The Morgan fingerprint density at radius 3 is 1.52 bits per heavy atom. The second-order valence-corrected chi connectivity index (χ2v) is 41.9. The van der Waals surface area contributed by atoms with E-state index in [1.165, 1.54) is 45.2 Å². The number of nitrogens with one attached hydrogen (secondary N) is 1. The number of hydrogen-bond donors (Lipinski definition) is 4. The number of carboxylic acid groups (broad SMARTS) is 3. The maximum Gasteiger partial charge on any atom is 1.00 e.